The number of methoxy groups -OCH3 is 1. The second kappa shape index (κ2) is 6.03. The Hall–Kier alpha value is -2.32. The lowest BCUT2D eigenvalue weighted by atomic mass is 10.2. The Morgan fingerprint density at radius 2 is 2.42 bits per heavy atom. The molecule has 19 heavy (non-hydrogen) atoms. The predicted octanol–water partition coefficient (Wildman–Crippen LogP) is -1.17. The lowest BCUT2D eigenvalue weighted by molar-refractivity contribution is -0.123. The topological polar surface area (TPSA) is 107 Å². The van der Waals surface area contributed by atoms with E-state index in [1.165, 1.54) is 13.3 Å². The van der Waals surface area contributed by atoms with Crippen LogP contribution < -0.4 is 26.3 Å². The van der Waals surface area contributed by atoms with Gasteiger partial charge in [-0.15, -0.1) is 0 Å². The Bertz CT molecular complexity index is 491. The highest BCUT2D eigenvalue weighted by molar-refractivity contribution is 5.84. The van der Waals surface area contributed by atoms with Crippen LogP contribution in [0.15, 0.2) is 23.3 Å². The first-order valence-corrected chi connectivity index (χ1v) is 5.63. The van der Waals surface area contributed by atoms with Crippen molar-refractivity contribution in [2.24, 2.45) is 5.10 Å². The number of phenols is 1. The third-order valence-electron chi connectivity index (χ3n) is 2.46. The maximum Gasteiger partial charge on any atom is 0.238 e. The van der Waals surface area contributed by atoms with Gasteiger partial charge in [0.15, 0.2) is 17.8 Å². The molecule has 0 saturated carbocycles. The molecule has 0 radical (unpaired) electrons. The first-order chi connectivity index (χ1) is 9.20. The Morgan fingerprint density at radius 1 is 1.58 bits per heavy atom. The molecule has 0 spiro atoms. The molecule has 1 aliphatic heterocycles. The molecule has 8 heteroatoms. The number of carbonyl (C=O) groups excluding carboxylic acids is 1. The number of aromatic hydroxyl groups is 1. The van der Waals surface area contributed by atoms with Gasteiger partial charge in [0.05, 0.1) is 19.9 Å². The van der Waals surface area contributed by atoms with Gasteiger partial charge in [-0.1, -0.05) is 6.07 Å². The number of hydrazone groups is 1. The monoisotopic (exact) mass is 265 g/mol. The maximum atomic E-state index is 11.1. The molecule has 1 aromatic carbocycles. The third kappa shape index (κ3) is 3.33. The molecular weight excluding hydrogens is 250 g/mol. The minimum Gasteiger partial charge on any atom is -0.504 e. The largest absolute Gasteiger partial charge is 0.504 e. The van der Waals surface area contributed by atoms with Gasteiger partial charge in [0, 0.05) is 5.56 Å². The molecule has 5 N–H and O–H groups in total. The fourth-order valence-corrected chi connectivity index (χ4v) is 1.54. The van der Waals surface area contributed by atoms with Crippen molar-refractivity contribution in [3.8, 4) is 11.5 Å². The molecule has 102 valence electrons. The van der Waals surface area contributed by atoms with Crippen LogP contribution in [0.1, 0.15) is 5.56 Å². The van der Waals surface area contributed by atoms with Crippen LogP contribution in [0.3, 0.4) is 0 Å². The number of rotatable bonds is 4. The van der Waals surface area contributed by atoms with E-state index in [0.717, 1.165) is 0 Å². The van der Waals surface area contributed by atoms with Gasteiger partial charge in [0.2, 0.25) is 5.91 Å². The van der Waals surface area contributed by atoms with Gasteiger partial charge in [0.25, 0.3) is 0 Å². The molecular formula is C11H15N5O3. The standard InChI is InChI=1S/C11H15N5O3/c1-19-8-4-2-3-7(10(8)18)5-12-15-11-14-9(17)6-13-16-11/h2-5,11,13,15-16,18H,6H2,1H3,(H,14,17)/b12-5+. The third-order valence-corrected chi connectivity index (χ3v) is 2.46. The number of para-hydroxylation sites is 1. The van der Waals surface area contributed by atoms with E-state index >= 15 is 0 Å². The lowest BCUT2D eigenvalue weighted by Crippen LogP contribution is -2.64. The molecule has 1 amide bonds. The van der Waals surface area contributed by atoms with E-state index < -0.39 is 6.29 Å². The molecule has 8 nitrogen and oxygen atoms in total. The molecule has 1 atom stereocenters. The van der Waals surface area contributed by atoms with Crippen LogP contribution in [0.2, 0.25) is 0 Å². The van der Waals surface area contributed by atoms with Crippen molar-refractivity contribution in [2.45, 2.75) is 6.29 Å². The molecule has 1 fully saturated rings. The average molecular weight is 265 g/mol. The van der Waals surface area contributed by atoms with Crippen LogP contribution in [-0.2, 0) is 4.79 Å². The molecule has 1 unspecified atom stereocenters. The molecule has 1 heterocycles. The van der Waals surface area contributed by atoms with Crippen molar-refractivity contribution in [3.63, 3.8) is 0 Å². The molecule has 1 aliphatic rings. The Morgan fingerprint density at radius 3 is 3.16 bits per heavy atom. The van der Waals surface area contributed by atoms with Crippen LogP contribution in [0.4, 0.5) is 0 Å². The van der Waals surface area contributed by atoms with E-state index in [1.807, 2.05) is 0 Å². The van der Waals surface area contributed by atoms with Gasteiger partial charge in [-0.3, -0.25) is 10.2 Å². The zero-order valence-electron chi connectivity index (χ0n) is 10.3. The minimum absolute atomic E-state index is 0.00862. The SMILES string of the molecule is COc1cccc(/C=N/NC2NNCC(=O)N2)c1O. The van der Waals surface area contributed by atoms with E-state index in [2.05, 4.69) is 26.7 Å². The summed E-state index contributed by atoms with van der Waals surface area (Å²) in [4.78, 5) is 11.1. The minimum atomic E-state index is -0.509. The fraction of sp³-hybridized carbons (Fsp3) is 0.273. The van der Waals surface area contributed by atoms with Gasteiger partial charge in [0.1, 0.15) is 0 Å². The van der Waals surface area contributed by atoms with E-state index in [1.54, 1.807) is 18.2 Å². The predicted molar refractivity (Wildman–Crippen MR) is 68.5 cm³/mol. The second-order valence-corrected chi connectivity index (χ2v) is 3.78. The van der Waals surface area contributed by atoms with Gasteiger partial charge in [-0.05, 0) is 12.1 Å². The summed E-state index contributed by atoms with van der Waals surface area (Å²) in [6, 6.07) is 5.07. The Kier molecular flexibility index (Phi) is 4.16. The zero-order valence-corrected chi connectivity index (χ0v) is 10.3. The summed E-state index contributed by atoms with van der Waals surface area (Å²) in [6.45, 7) is 0.207. The molecule has 1 aromatic rings. The molecule has 0 aliphatic carbocycles. The number of nitrogens with one attached hydrogen (secondary N) is 4. The quantitative estimate of drug-likeness (QED) is 0.347. The number of amides is 1. The first-order valence-electron chi connectivity index (χ1n) is 5.63. The summed E-state index contributed by atoms with van der Waals surface area (Å²) < 4.78 is 4.98. The molecule has 0 aromatic heterocycles. The van der Waals surface area contributed by atoms with Crippen molar-refractivity contribution in [1.29, 1.82) is 0 Å². The van der Waals surface area contributed by atoms with Gasteiger partial charge < -0.3 is 15.2 Å². The summed E-state index contributed by atoms with van der Waals surface area (Å²) in [6.07, 6.45) is 0.922. The van der Waals surface area contributed by atoms with E-state index in [4.69, 9.17) is 4.74 Å². The van der Waals surface area contributed by atoms with Crippen LogP contribution >= 0.6 is 0 Å². The highest BCUT2D eigenvalue weighted by Crippen LogP contribution is 2.27. The number of hydrogen-bond donors (Lipinski definition) is 5. The zero-order chi connectivity index (χ0) is 13.7. The van der Waals surface area contributed by atoms with Gasteiger partial charge in [-0.2, -0.15) is 5.10 Å². The summed E-state index contributed by atoms with van der Waals surface area (Å²) in [5.74, 6) is 0.236. The van der Waals surface area contributed by atoms with Crippen molar-refractivity contribution in [1.82, 2.24) is 21.6 Å². The van der Waals surface area contributed by atoms with Crippen molar-refractivity contribution in [3.05, 3.63) is 23.8 Å². The Balaban J connectivity index is 1.97. The number of carbonyl (C=O) groups is 1. The van der Waals surface area contributed by atoms with E-state index in [-0.39, 0.29) is 18.2 Å². The second-order valence-electron chi connectivity index (χ2n) is 3.78. The van der Waals surface area contributed by atoms with Crippen LogP contribution in [0.5, 0.6) is 11.5 Å². The number of benzene rings is 1. The van der Waals surface area contributed by atoms with Crippen molar-refractivity contribution >= 4 is 12.1 Å². The van der Waals surface area contributed by atoms with Gasteiger partial charge in [-0.25, -0.2) is 10.9 Å². The smallest absolute Gasteiger partial charge is 0.238 e. The number of phenolic OH excluding ortho intramolecular Hbond substituents is 1. The number of nitrogens with zero attached hydrogens (tertiary/aromatic N) is 1. The maximum absolute atomic E-state index is 11.1. The van der Waals surface area contributed by atoms with E-state index in [9.17, 15) is 9.90 Å². The molecule has 0 bridgehead atoms. The summed E-state index contributed by atoms with van der Waals surface area (Å²) in [5.41, 5.74) is 8.65. The molecule has 2 rings (SSSR count). The lowest BCUT2D eigenvalue weighted by Gasteiger charge is -2.24. The first kappa shape index (κ1) is 13.1. The van der Waals surface area contributed by atoms with Crippen LogP contribution in [-0.4, -0.2) is 37.2 Å². The van der Waals surface area contributed by atoms with Crippen LogP contribution in [0.25, 0.3) is 0 Å². The number of ether oxygens (including phenoxy) is 1. The normalized spacial score (nSPS) is 19.2. The Labute approximate surface area is 109 Å². The summed E-state index contributed by atoms with van der Waals surface area (Å²) in [5, 5.41) is 16.4. The van der Waals surface area contributed by atoms with Crippen molar-refractivity contribution in [2.75, 3.05) is 13.7 Å². The molecule has 1 saturated heterocycles. The number of hydrogen-bond acceptors (Lipinski definition) is 7. The fourth-order valence-electron chi connectivity index (χ4n) is 1.54. The van der Waals surface area contributed by atoms with Gasteiger partial charge >= 0.3 is 0 Å². The van der Waals surface area contributed by atoms with Crippen molar-refractivity contribution < 1.29 is 14.6 Å². The highest BCUT2D eigenvalue weighted by atomic mass is 16.5. The average Bonchev–Trinajstić information content (AvgIpc) is 2.41. The van der Waals surface area contributed by atoms with Crippen LogP contribution in [0, 0.1) is 0 Å². The highest BCUT2D eigenvalue weighted by Gasteiger charge is 2.15. The number of hydrazine groups is 1. The summed E-state index contributed by atoms with van der Waals surface area (Å²) in [7, 11) is 1.47. The van der Waals surface area contributed by atoms with E-state index in [0.29, 0.717) is 11.3 Å². The summed E-state index contributed by atoms with van der Waals surface area (Å²) >= 11 is 0.